The first kappa shape index (κ1) is 30.2. The van der Waals surface area contributed by atoms with Crippen molar-refractivity contribution in [2.45, 2.75) is 52.5 Å². The first-order valence-corrected chi connectivity index (χ1v) is 14.3. The van der Waals surface area contributed by atoms with Crippen LogP contribution in [-0.4, -0.2) is 38.4 Å². The molecule has 0 bridgehead atoms. The number of rotatable bonds is 13. The molecule has 0 N–H and O–H groups in total. The van der Waals surface area contributed by atoms with E-state index in [0.717, 1.165) is 25.7 Å². The average Bonchev–Trinajstić information content (AvgIpc) is 3.00. The van der Waals surface area contributed by atoms with Gasteiger partial charge in [-0.3, -0.25) is 24.3 Å². The van der Waals surface area contributed by atoms with Crippen molar-refractivity contribution in [1.82, 2.24) is 14.5 Å². The van der Waals surface area contributed by atoms with Crippen LogP contribution in [0.2, 0.25) is 0 Å². The molecule has 0 fully saturated rings. The summed E-state index contributed by atoms with van der Waals surface area (Å²) >= 11 is 0. The number of nitrogens with zero attached hydrogens (tertiary/aromatic N) is 4. The molecule has 1 heterocycles. The summed E-state index contributed by atoms with van der Waals surface area (Å²) in [5.41, 5.74) is 1.52. The Morgan fingerprint density at radius 2 is 1.74 bits per heavy atom. The summed E-state index contributed by atoms with van der Waals surface area (Å²) in [5, 5.41) is 11.5. The van der Waals surface area contributed by atoms with Crippen LogP contribution < -0.4 is 10.3 Å². The van der Waals surface area contributed by atoms with Crippen LogP contribution in [-0.2, 0) is 4.79 Å². The van der Waals surface area contributed by atoms with E-state index >= 15 is 0 Å². The molecule has 4 rings (SSSR count). The molecule has 218 valence electrons. The zero-order valence-corrected chi connectivity index (χ0v) is 24.2. The molecule has 1 aromatic heterocycles. The van der Waals surface area contributed by atoms with Gasteiger partial charge in [-0.1, -0.05) is 50.5 Å². The van der Waals surface area contributed by atoms with Gasteiger partial charge in [0, 0.05) is 24.8 Å². The monoisotopic (exact) mass is 568 g/mol. The third-order valence-corrected chi connectivity index (χ3v) is 7.11. The standard InChI is InChI=1S/C33H36N4O5/c1-4-6-7-12-23-35(31(38)22-19-25-17-20-26(21-18-25)37(40)41)24(3)32-34-28-14-9-8-13-27(28)33(39)36(32)29-15-10-11-16-30(29)42-5-2/h8-11,13-22,24H,4-7,12,23H2,1-3H3. The minimum absolute atomic E-state index is 0.0164. The van der Waals surface area contributed by atoms with Crippen molar-refractivity contribution >= 4 is 28.6 Å². The second-order valence-electron chi connectivity index (χ2n) is 9.98. The van der Waals surface area contributed by atoms with Crippen LogP contribution in [0, 0.1) is 10.1 Å². The number of nitro groups is 1. The van der Waals surface area contributed by atoms with Gasteiger partial charge in [-0.25, -0.2) is 4.98 Å². The Labute approximate surface area is 245 Å². The zero-order valence-electron chi connectivity index (χ0n) is 24.2. The fraction of sp³-hybridized carbons (Fsp3) is 0.303. The SMILES string of the molecule is CCCCCCN(C(=O)C=Cc1ccc([N+](=O)[O-])cc1)C(C)c1nc2ccccc2c(=O)n1-c1ccccc1OCC. The lowest BCUT2D eigenvalue weighted by atomic mass is 10.1. The first-order chi connectivity index (χ1) is 20.3. The lowest BCUT2D eigenvalue weighted by Gasteiger charge is -2.30. The molecule has 0 radical (unpaired) electrons. The van der Waals surface area contributed by atoms with Crippen LogP contribution in [0.1, 0.15) is 63.9 Å². The topological polar surface area (TPSA) is 108 Å². The Bertz CT molecular complexity index is 1630. The van der Waals surface area contributed by atoms with Crippen LogP contribution in [0.15, 0.2) is 83.7 Å². The van der Waals surface area contributed by atoms with Crippen molar-refractivity contribution in [2.24, 2.45) is 0 Å². The smallest absolute Gasteiger partial charge is 0.269 e. The van der Waals surface area contributed by atoms with E-state index in [1.165, 1.54) is 18.2 Å². The molecule has 0 aliphatic rings. The highest BCUT2D eigenvalue weighted by molar-refractivity contribution is 5.92. The lowest BCUT2D eigenvalue weighted by Crippen LogP contribution is -2.37. The van der Waals surface area contributed by atoms with Gasteiger partial charge in [0.25, 0.3) is 11.2 Å². The number of para-hydroxylation sites is 3. The summed E-state index contributed by atoms with van der Waals surface area (Å²) in [6, 6.07) is 20.0. The van der Waals surface area contributed by atoms with E-state index in [-0.39, 0.29) is 17.2 Å². The molecule has 1 amide bonds. The number of hydrogen-bond donors (Lipinski definition) is 0. The summed E-state index contributed by atoms with van der Waals surface area (Å²) in [6.45, 7) is 6.79. The van der Waals surface area contributed by atoms with Crippen molar-refractivity contribution in [3.8, 4) is 11.4 Å². The van der Waals surface area contributed by atoms with E-state index in [1.807, 2.05) is 44.2 Å². The fourth-order valence-electron chi connectivity index (χ4n) is 4.90. The summed E-state index contributed by atoms with van der Waals surface area (Å²) in [7, 11) is 0. The molecule has 0 spiro atoms. The van der Waals surface area contributed by atoms with Gasteiger partial charge in [-0.2, -0.15) is 0 Å². The molecule has 1 unspecified atom stereocenters. The number of hydrogen-bond acceptors (Lipinski definition) is 6. The van der Waals surface area contributed by atoms with Gasteiger partial charge < -0.3 is 9.64 Å². The predicted molar refractivity (Wildman–Crippen MR) is 165 cm³/mol. The molecule has 0 aliphatic heterocycles. The number of carbonyl (C=O) groups is 1. The second kappa shape index (κ2) is 14.2. The van der Waals surface area contributed by atoms with Gasteiger partial charge in [-0.05, 0) is 68.3 Å². The molecule has 0 saturated carbocycles. The number of ether oxygens (including phenoxy) is 1. The highest BCUT2D eigenvalue weighted by atomic mass is 16.6. The Morgan fingerprint density at radius 3 is 2.45 bits per heavy atom. The number of aromatic nitrogens is 2. The van der Waals surface area contributed by atoms with Crippen molar-refractivity contribution in [3.63, 3.8) is 0 Å². The molecule has 9 nitrogen and oxygen atoms in total. The van der Waals surface area contributed by atoms with Crippen molar-refractivity contribution in [1.29, 1.82) is 0 Å². The van der Waals surface area contributed by atoms with Crippen LogP contribution >= 0.6 is 0 Å². The van der Waals surface area contributed by atoms with E-state index in [4.69, 9.17) is 9.72 Å². The maximum Gasteiger partial charge on any atom is 0.269 e. The lowest BCUT2D eigenvalue weighted by molar-refractivity contribution is -0.384. The van der Waals surface area contributed by atoms with E-state index in [1.54, 1.807) is 45.9 Å². The molecule has 4 aromatic rings. The quantitative estimate of drug-likeness (QED) is 0.0753. The molecular weight excluding hydrogens is 532 g/mol. The van der Waals surface area contributed by atoms with Crippen LogP contribution in [0.5, 0.6) is 5.75 Å². The maximum absolute atomic E-state index is 14.0. The minimum Gasteiger partial charge on any atom is -0.492 e. The Hall–Kier alpha value is -4.79. The Morgan fingerprint density at radius 1 is 1.02 bits per heavy atom. The molecule has 0 saturated heterocycles. The van der Waals surface area contributed by atoms with E-state index in [2.05, 4.69) is 6.92 Å². The van der Waals surface area contributed by atoms with Crippen molar-refractivity contribution < 1.29 is 14.5 Å². The largest absolute Gasteiger partial charge is 0.492 e. The van der Waals surface area contributed by atoms with Crippen LogP contribution in [0.3, 0.4) is 0 Å². The number of non-ortho nitro benzene ring substituents is 1. The third kappa shape index (κ3) is 6.91. The van der Waals surface area contributed by atoms with E-state index in [0.29, 0.717) is 46.9 Å². The molecule has 42 heavy (non-hydrogen) atoms. The summed E-state index contributed by atoms with van der Waals surface area (Å²) in [4.78, 5) is 44.9. The van der Waals surface area contributed by atoms with Crippen LogP contribution in [0.4, 0.5) is 5.69 Å². The number of nitro benzene ring substituents is 1. The van der Waals surface area contributed by atoms with Gasteiger partial charge >= 0.3 is 0 Å². The molecular formula is C33H36N4O5. The molecule has 3 aromatic carbocycles. The molecule has 9 heteroatoms. The highest BCUT2D eigenvalue weighted by Gasteiger charge is 2.26. The fourth-order valence-corrected chi connectivity index (χ4v) is 4.90. The normalized spacial score (nSPS) is 12.0. The summed E-state index contributed by atoms with van der Waals surface area (Å²) < 4.78 is 7.44. The predicted octanol–water partition coefficient (Wildman–Crippen LogP) is 6.88. The van der Waals surface area contributed by atoms with Gasteiger partial charge in [-0.15, -0.1) is 0 Å². The summed E-state index contributed by atoms with van der Waals surface area (Å²) in [6.07, 6.45) is 6.98. The average molecular weight is 569 g/mol. The van der Waals surface area contributed by atoms with Gasteiger partial charge in [0.05, 0.1) is 34.2 Å². The number of carbonyl (C=O) groups excluding carboxylic acids is 1. The Balaban J connectivity index is 1.79. The van der Waals surface area contributed by atoms with Crippen molar-refractivity contribution in [3.05, 3.63) is 111 Å². The van der Waals surface area contributed by atoms with E-state index < -0.39 is 11.0 Å². The van der Waals surface area contributed by atoms with Gasteiger partial charge in [0.2, 0.25) is 5.91 Å². The number of benzene rings is 3. The summed E-state index contributed by atoms with van der Waals surface area (Å²) in [5.74, 6) is 0.731. The maximum atomic E-state index is 14.0. The molecule has 1 atom stereocenters. The third-order valence-electron chi connectivity index (χ3n) is 7.11. The number of amides is 1. The first-order valence-electron chi connectivity index (χ1n) is 14.3. The van der Waals surface area contributed by atoms with Crippen molar-refractivity contribution in [2.75, 3.05) is 13.2 Å². The van der Waals surface area contributed by atoms with Crippen LogP contribution in [0.25, 0.3) is 22.7 Å². The van der Waals surface area contributed by atoms with Gasteiger partial charge in [0.15, 0.2) is 0 Å². The number of fused-ring (bicyclic) bond motifs is 1. The Kier molecular flexibility index (Phi) is 10.2. The number of unbranched alkanes of at least 4 members (excludes halogenated alkanes) is 3. The second-order valence-corrected chi connectivity index (χ2v) is 9.98. The van der Waals surface area contributed by atoms with E-state index in [9.17, 15) is 19.7 Å². The van der Waals surface area contributed by atoms with Gasteiger partial charge in [0.1, 0.15) is 11.6 Å². The minimum atomic E-state index is -0.562. The molecule has 0 aliphatic carbocycles. The zero-order chi connectivity index (χ0) is 30.1. The highest BCUT2D eigenvalue weighted by Crippen LogP contribution is 2.28.